The second-order valence-corrected chi connectivity index (χ2v) is 7.47. The number of aromatic nitrogens is 1. The lowest BCUT2D eigenvalue weighted by Crippen LogP contribution is -2.27. The summed E-state index contributed by atoms with van der Waals surface area (Å²) in [5, 5.41) is -0.162. The van der Waals surface area contributed by atoms with E-state index in [2.05, 4.69) is 11.5 Å². The molecule has 2 amide bonds. The summed E-state index contributed by atoms with van der Waals surface area (Å²) in [6.07, 6.45) is 1.76. The van der Waals surface area contributed by atoms with Gasteiger partial charge in [0.2, 0.25) is 0 Å². The molecule has 0 radical (unpaired) electrons. The van der Waals surface area contributed by atoms with Gasteiger partial charge in [0.25, 0.3) is 11.1 Å². The molecule has 2 heterocycles. The summed E-state index contributed by atoms with van der Waals surface area (Å²) in [6, 6.07) is 5.92. The summed E-state index contributed by atoms with van der Waals surface area (Å²) in [7, 11) is 0. The van der Waals surface area contributed by atoms with Crippen LogP contribution in [0.2, 0.25) is 5.02 Å². The van der Waals surface area contributed by atoms with E-state index in [4.69, 9.17) is 11.6 Å². The lowest BCUT2D eigenvalue weighted by atomic mass is 10.2. The second-order valence-electron chi connectivity index (χ2n) is 6.07. The van der Waals surface area contributed by atoms with E-state index in [9.17, 15) is 14.0 Å². The van der Waals surface area contributed by atoms with Crippen molar-refractivity contribution in [3.63, 3.8) is 0 Å². The predicted octanol–water partition coefficient (Wildman–Crippen LogP) is 5.15. The molecule has 1 aliphatic heterocycles. The molecule has 0 N–H and O–H groups in total. The maximum atomic E-state index is 13.2. The van der Waals surface area contributed by atoms with Crippen molar-refractivity contribution in [2.75, 3.05) is 0 Å². The third kappa shape index (κ3) is 3.44. The zero-order chi connectivity index (χ0) is 19.0. The molecule has 0 bridgehead atoms. The van der Waals surface area contributed by atoms with Crippen molar-refractivity contribution in [1.29, 1.82) is 0 Å². The van der Waals surface area contributed by atoms with Crippen LogP contribution in [0.15, 0.2) is 29.2 Å². The molecular weight excluding hydrogens is 375 g/mol. The Bertz CT molecular complexity index is 936. The van der Waals surface area contributed by atoms with Gasteiger partial charge in [0.15, 0.2) is 0 Å². The van der Waals surface area contributed by atoms with Gasteiger partial charge < -0.3 is 4.57 Å². The van der Waals surface area contributed by atoms with Gasteiger partial charge in [-0.25, -0.2) is 4.39 Å². The van der Waals surface area contributed by atoms with E-state index in [0.29, 0.717) is 10.5 Å². The van der Waals surface area contributed by atoms with Gasteiger partial charge in [0, 0.05) is 23.0 Å². The van der Waals surface area contributed by atoms with Crippen molar-refractivity contribution < 1.29 is 14.0 Å². The van der Waals surface area contributed by atoms with E-state index in [1.165, 1.54) is 18.2 Å². The van der Waals surface area contributed by atoms with Crippen molar-refractivity contribution >= 4 is 40.6 Å². The predicted molar refractivity (Wildman–Crippen MR) is 103 cm³/mol. The summed E-state index contributed by atoms with van der Waals surface area (Å²) in [5.74, 6) is -0.819. The summed E-state index contributed by atoms with van der Waals surface area (Å²) < 4.78 is 15.3. The summed E-state index contributed by atoms with van der Waals surface area (Å²) in [5.41, 5.74) is 3.61. The van der Waals surface area contributed by atoms with Crippen molar-refractivity contribution in [3.8, 4) is 0 Å². The Morgan fingerprint density at radius 1 is 1.23 bits per heavy atom. The molecule has 2 aromatic rings. The lowest BCUT2D eigenvalue weighted by Gasteiger charge is -2.13. The molecular formula is C19H18ClFN2O2S. The first kappa shape index (κ1) is 18.7. The maximum absolute atomic E-state index is 13.2. The monoisotopic (exact) mass is 392 g/mol. The topological polar surface area (TPSA) is 42.3 Å². The van der Waals surface area contributed by atoms with Gasteiger partial charge in [0.05, 0.1) is 11.4 Å². The van der Waals surface area contributed by atoms with Crippen LogP contribution in [-0.2, 0) is 17.9 Å². The number of amides is 2. The van der Waals surface area contributed by atoms with Crippen LogP contribution in [0.5, 0.6) is 0 Å². The molecule has 1 aromatic heterocycles. The zero-order valence-corrected chi connectivity index (χ0v) is 16.2. The number of carbonyl (C=O) groups excluding carboxylic acids is 2. The van der Waals surface area contributed by atoms with E-state index in [1.54, 1.807) is 6.08 Å². The summed E-state index contributed by atoms with van der Waals surface area (Å²) in [4.78, 5) is 26.5. The summed E-state index contributed by atoms with van der Waals surface area (Å²) >= 11 is 6.92. The van der Waals surface area contributed by atoms with Crippen LogP contribution in [0.3, 0.4) is 0 Å². The maximum Gasteiger partial charge on any atom is 0.293 e. The third-order valence-electron chi connectivity index (χ3n) is 4.43. The van der Waals surface area contributed by atoms with Crippen molar-refractivity contribution in [1.82, 2.24) is 9.47 Å². The standard InChI is InChI=1S/C19H18ClFN2O2S/c1-4-22-11(2)7-14(12(22)3)8-17-18(24)23(19(25)26-17)10-13-5-6-15(21)9-16(13)20/h5-9H,4,10H2,1-3H3/b17-8-. The number of thioether (sulfide) groups is 1. The molecule has 4 nitrogen and oxygen atoms in total. The van der Waals surface area contributed by atoms with Gasteiger partial charge in [-0.2, -0.15) is 0 Å². The lowest BCUT2D eigenvalue weighted by molar-refractivity contribution is -0.123. The Kier molecular flexibility index (Phi) is 5.25. The van der Waals surface area contributed by atoms with E-state index in [1.807, 2.05) is 19.9 Å². The van der Waals surface area contributed by atoms with E-state index >= 15 is 0 Å². The largest absolute Gasteiger partial charge is 0.349 e. The Morgan fingerprint density at radius 3 is 2.58 bits per heavy atom. The van der Waals surface area contributed by atoms with Gasteiger partial charge in [-0.05, 0) is 67.9 Å². The van der Waals surface area contributed by atoms with Crippen LogP contribution >= 0.6 is 23.4 Å². The van der Waals surface area contributed by atoms with Crippen LogP contribution in [0.4, 0.5) is 9.18 Å². The van der Waals surface area contributed by atoms with Crippen LogP contribution in [0.25, 0.3) is 6.08 Å². The minimum absolute atomic E-state index is 0.0229. The highest BCUT2D eigenvalue weighted by Gasteiger charge is 2.35. The number of rotatable bonds is 4. The molecule has 1 aromatic carbocycles. The van der Waals surface area contributed by atoms with Crippen LogP contribution in [0.1, 0.15) is 29.4 Å². The third-order valence-corrected chi connectivity index (χ3v) is 5.69. The van der Waals surface area contributed by atoms with Gasteiger partial charge in [0.1, 0.15) is 5.82 Å². The number of carbonyl (C=O) groups is 2. The first-order chi connectivity index (χ1) is 12.3. The number of hydrogen-bond acceptors (Lipinski definition) is 3. The molecule has 0 unspecified atom stereocenters. The number of nitrogens with zero attached hydrogens (tertiary/aromatic N) is 2. The fourth-order valence-corrected chi connectivity index (χ4v) is 4.11. The highest BCUT2D eigenvalue weighted by molar-refractivity contribution is 8.18. The minimum atomic E-state index is -0.459. The summed E-state index contributed by atoms with van der Waals surface area (Å²) in [6.45, 7) is 6.93. The molecule has 0 spiro atoms. The second kappa shape index (κ2) is 7.29. The number of aryl methyl sites for hydroxylation is 1. The SMILES string of the molecule is CCn1c(C)cc(/C=C2\SC(=O)N(Cc3ccc(F)cc3Cl)C2=O)c1C. The molecule has 0 saturated carbocycles. The molecule has 7 heteroatoms. The molecule has 136 valence electrons. The first-order valence-corrected chi connectivity index (χ1v) is 9.37. The smallest absolute Gasteiger partial charge is 0.293 e. The minimum Gasteiger partial charge on any atom is -0.349 e. The fraction of sp³-hybridized carbons (Fsp3) is 0.263. The normalized spacial score (nSPS) is 16.2. The Morgan fingerprint density at radius 2 is 1.96 bits per heavy atom. The van der Waals surface area contributed by atoms with E-state index in [0.717, 1.165) is 40.2 Å². The fourth-order valence-electron chi connectivity index (χ4n) is 3.06. The Hall–Kier alpha value is -2.05. The van der Waals surface area contributed by atoms with Gasteiger partial charge in [-0.1, -0.05) is 17.7 Å². The van der Waals surface area contributed by atoms with Crippen LogP contribution < -0.4 is 0 Å². The molecule has 0 atom stereocenters. The average Bonchev–Trinajstić information content (AvgIpc) is 3.00. The first-order valence-electron chi connectivity index (χ1n) is 8.17. The number of imide groups is 1. The highest BCUT2D eigenvalue weighted by Crippen LogP contribution is 2.35. The molecule has 1 aliphatic rings. The van der Waals surface area contributed by atoms with Gasteiger partial charge in [-0.15, -0.1) is 0 Å². The molecule has 1 fully saturated rings. The molecule has 1 saturated heterocycles. The number of halogens is 2. The van der Waals surface area contributed by atoms with E-state index < -0.39 is 5.82 Å². The average molecular weight is 393 g/mol. The van der Waals surface area contributed by atoms with Gasteiger partial charge >= 0.3 is 0 Å². The van der Waals surface area contributed by atoms with Crippen molar-refractivity contribution in [2.24, 2.45) is 0 Å². The molecule has 3 rings (SSSR count). The highest BCUT2D eigenvalue weighted by atomic mass is 35.5. The van der Waals surface area contributed by atoms with Gasteiger partial charge in [-0.3, -0.25) is 14.5 Å². The molecule has 0 aliphatic carbocycles. The quantitative estimate of drug-likeness (QED) is 0.675. The van der Waals surface area contributed by atoms with Crippen molar-refractivity contribution in [2.45, 2.75) is 33.9 Å². The van der Waals surface area contributed by atoms with Crippen LogP contribution in [-0.4, -0.2) is 20.6 Å². The number of benzene rings is 1. The Balaban J connectivity index is 1.87. The molecule has 26 heavy (non-hydrogen) atoms. The number of hydrogen-bond donors (Lipinski definition) is 0. The van der Waals surface area contributed by atoms with E-state index in [-0.39, 0.29) is 22.7 Å². The van der Waals surface area contributed by atoms with Crippen LogP contribution in [0, 0.1) is 19.7 Å². The Labute approximate surface area is 160 Å². The zero-order valence-electron chi connectivity index (χ0n) is 14.7. The van der Waals surface area contributed by atoms with Crippen molar-refractivity contribution in [3.05, 3.63) is 62.5 Å².